The zero-order valence-electron chi connectivity index (χ0n) is 29.3. The van der Waals surface area contributed by atoms with Crippen LogP contribution in [0, 0.1) is 13.8 Å². The SMILES string of the molecule is C/N=c1/cc2oc3cc(NCC(=O)NCCOCCOCCNC(=O)/C=C/c4ccc(O)cc4)c(C)cc3c(-c3ccccc3C(=O)O)c-2cc1C. The second-order valence-corrected chi connectivity index (χ2v) is 12.0. The summed E-state index contributed by atoms with van der Waals surface area (Å²) < 4.78 is 17.4. The second-order valence-electron chi connectivity index (χ2n) is 12.0. The molecule has 3 aromatic carbocycles. The van der Waals surface area contributed by atoms with Gasteiger partial charge in [-0.15, -0.1) is 0 Å². The van der Waals surface area contributed by atoms with E-state index in [1.54, 1.807) is 55.6 Å². The number of benzene rings is 4. The fourth-order valence-electron chi connectivity index (χ4n) is 5.68. The van der Waals surface area contributed by atoms with Gasteiger partial charge in [-0.1, -0.05) is 30.3 Å². The summed E-state index contributed by atoms with van der Waals surface area (Å²) in [6, 6.07) is 21.0. The molecular formula is C40H42N4O8. The number of carboxylic acids is 1. The summed E-state index contributed by atoms with van der Waals surface area (Å²) in [6.07, 6.45) is 3.07. The Kier molecular flexibility index (Phi) is 12.8. The summed E-state index contributed by atoms with van der Waals surface area (Å²) in [4.78, 5) is 41.1. The largest absolute Gasteiger partial charge is 0.508 e. The van der Waals surface area contributed by atoms with Crippen LogP contribution in [0.2, 0.25) is 0 Å². The summed E-state index contributed by atoms with van der Waals surface area (Å²) in [5.41, 5.74) is 6.12. The highest BCUT2D eigenvalue weighted by molar-refractivity contribution is 6.08. The van der Waals surface area contributed by atoms with Crippen molar-refractivity contribution < 1.29 is 38.5 Å². The van der Waals surface area contributed by atoms with Crippen LogP contribution in [0.15, 0.2) is 88.3 Å². The molecule has 3 aromatic rings. The molecule has 0 unspecified atom stereocenters. The molecule has 1 aliphatic carbocycles. The molecule has 2 aliphatic rings. The minimum atomic E-state index is -1.02. The Morgan fingerprint density at radius 1 is 0.846 bits per heavy atom. The average molecular weight is 707 g/mol. The lowest BCUT2D eigenvalue weighted by Crippen LogP contribution is -2.32. The van der Waals surface area contributed by atoms with E-state index in [0.717, 1.165) is 38.6 Å². The predicted molar refractivity (Wildman–Crippen MR) is 199 cm³/mol. The number of ether oxygens (including phenoxy) is 2. The Labute approximate surface area is 301 Å². The monoisotopic (exact) mass is 706 g/mol. The van der Waals surface area contributed by atoms with E-state index in [0.29, 0.717) is 62.1 Å². The van der Waals surface area contributed by atoms with E-state index in [2.05, 4.69) is 20.9 Å². The predicted octanol–water partition coefficient (Wildman–Crippen LogP) is 5.15. The minimum Gasteiger partial charge on any atom is -0.508 e. The first-order chi connectivity index (χ1) is 25.1. The molecule has 0 saturated heterocycles. The normalized spacial score (nSPS) is 11.7. The molecule has 5 N–H and O–H groups in total. The molecule has 2 amide bonds. The summed E-state index contributed by atoms with van der Waals surface area (Å²) in [6.45, 7) is 5.87. The van der Waals surface area contributed by atoms with Crippen molar-refractivity contribution >= 4 is 40.5 Å². The quantitative estimate of drug-likeness (QED) is 0.0529. The van der Waals surface area contributed by atoms with Gasteiger partial charge in [-0.05, 0) is 72.5 Å². The fraction of sp³-hybridized carbons (Fsp3) is 0.250. The Morgan fingerprint density at radius 3 is 2.27 bits per heavy atom. The zero-order chi connectivity index (χ0) is 37.0. The minimum absolute atomic E-state index is 0.0195. The summed E-state index contributed by atoms with van der Waals surface area (Å²) in [7, 11) is 1.71. The van der Waals surface area contributed by atoms with Crippen molar-refractivity contribution in [1.82, 2.24) is 10.6 Å². The van der Waals surface area contributed by atoms with Crippen molar-refractivity contribution in [3.8, 4) is 28.2 Å². The number of aromatic hydroxyl groups is 1. The van der Waals surface area contributed by atoms with Gasteiger partial charge in [0.05, 0.1) is 43.9 Å². The van der Waals surface area contributed by atoms with Gasteiger partial charge >= 0.3 is 5.97 Å². The number of hydrogen-bond donors (Lipinski definition) is 5. The van der Waals surface area contributed by atoms with Gasteiger partial charge in [0.1, 0.15) is 17.1 Å². The number of hydrogen-bond acceptors (Lipinski definition) is 9. The summed E-state index contributed by atoms with van der Waals surface area (Å²) >= 11 is 0. The number of fused-ring (bicyclic) bond motifs is 2. The molecule has 0 saturated carbocycles. The first-order valence-electron chi connectivity index (χ1n) is 16.8. The van der Waals surface area contributed by atoms with Gasteiger partial charge in [-0.2, -0.15) is 0 Å². The van der Waals surface area contributed by atoms with Gasteiger partial charge in [-0.25, -0.2) is 4.79 Å². The first-order valence-corrected chi connectivity index (χ1v) is 16.8. The van der Waals surface area contributed by atoms with Crippen LogP contribution < -0.4 is 21.3 Å². The number of nitrogens with one attached hydrogen (secondary N) is 3. The highest BCUT2D eigenvalue weighted by atomic mass is 16.5. The molecule has 270 valence electrons. The molecule has 1 heterocycles. The van der Waals surface area contributed by atoms with Crippen LogP contribution in [0.3, 0.4) is 0 Å². The van der Waals surface area contributed by atoms with Gasteiger partial charge in [0.2, 0.25) is 11.8 Å². The van der Waals surface area contributed by atoms with Crippen molar-refractivity contribution in [2.75, 3.05) is 58.4 Å². The lowest BCUT2D eigenvalue weighted by Gasteiger charge is -2.19. The van der Waals surface area contributed by atoms with Crippen LogP contribution >= 0.6 is 0 Å². The van der Waals surface area contributed by atoms with Gasteiger partial charge in [0.25, 0.3) is 0 Å². The van der Waals surface area contributed by atoms with E-state index in [1.165, 1.54) is 6.08 Å². The zero-order valence-corrected chi connectivity index (χ0v) is 29.3. The number of carbonyl (C=O) groups is 3. The number of rotatable bonds is 16. The maximum atomic E-state index is 12.6. The first kappa shape index (κ1) is 37.3. The van der Waals surface area contributed by atoms with Crippen molar-refractivity contribution in [1.29, 1.82) is 0 Å². The van der Waals surface area contributed by atoms with Gasteiger partial charge in [0, 0.05) is 60.5 Å². The van der Waals surface area contributed by atoms with Crippen molar-refractivity contribution in [3.63, 3.8) is 0 Å². The Balaban J connectivity index is 1.10. The molecule has 0 atom stereocenters. The average Bonchev–Trinajstić information content (AvgIpc) is 3.13. The van der Waals surface area contributed by atoms with E-state index >= 15 is 0 Å². The second kappa shape index (κ2) is 17.8. The molecule has 0 radical (unpaired) electrons. The van der Waals surface area contributed by atoms with Gasteiger partial charge in [-0.3, -0.25) is 14.6 Å². The third-order valence-corrected chi connectivity index (χ3v) is 8.30. The molecule has 0 aromatic heterocycles. The molecule has 1 aliphatic heterocycles. The van der Waals surface area contributed by atoms with Crippen LogP contribution in [0.4, 0.5) is 5.69 Å². The number of nitrogens with zero attached hydrogens (tertiary/aromatic N) is 1. The molecular weight excluding hydrogens is 664 g/mol. The Hall–Kier alpha value is -5.98. The Bertz CT molecular complexity index is 2120. The molecule has 0 spiro atoms. The maximum Gasteiger partial charge on any atom is 0.336 e. The maximum absolute atomic E-state index is 12.6. The lowest BCUT2D eigenvalue weighted by atomic mass is 9.89. The molecule has 0 fully saturated rings. The number of carboxylic acid groups (broad SMARTS) is 1. The standard InChI is InChI=1S/C40H42N4O8/c1-25-20-31-35(22-33(25)41-3)52-36-23-34(26(2)21-32(36)39(31)29-6-4-5-7-30(29)40(48)49)44-24-38(47)43-15-17-51-19-18-50-16-14-42-37(46)13-10-27-8-11-28(45)12-9-27/h4-13,20-23,44-45H,14-19,24H2,1-3H3,(H,42,46)(H,43,47)(H,48,49)/b13-10+,41-33-. The summed E-state index contributed by atoms with van der Waals surface area (Å²) in [5, 5.41) is 29.6. The van der Waals surface area contributed by atoms with E-state index in [-0.39, 0.29) is 29.7 Å². The summed E-state index contributed by atoms with van der Waals surface area (Å²) in [5.74, 6) is -0.758. The van der Waals surface area contributed by atoms with E-state index in [1.807, 2.05) is 44.2 Å². The van der Waals surface area contributed by atoms with E-state index in [4.69, 9.17) is 13.9 Å². The van der Waals surface area contributed by atoms with Crippen LogP contribution in [0.1, 0.15) is 27.0 Å². The third-order valence-electron chi connectivity index (χ3n) is 8.30. The Morgan fingerprint density at radius 2 is 1.56 bits per heavy atom. The number of phenols is 1. The van der Waals surface area contributed by atoms with Crippen LogP contribution in [0.5, 0.6) is 5.75 Å². The molecule has 5 rings (SSSR count). The van der Waals surface area contributed by atoms with Crippen molar-refractivity contribution in [2.24, 2.45) is 4.99 Å². The molecule has 12 nitrogen and oxygen atoms in total. The van der Waals surface area contributed by atoms with Crippen molar-refractivity contribution in [2.45, 2.75) is 13.8 Å². The highest BCUT2D eigenvalue weighted by Crippen LogP contribution is 2.42. The number of anilines is 1. The number of carbonyl (C=O) groups excluding carboxylic acids is 2. The molecule has 52 heavy (non-hydrogen) atoms. The smallest absolute Gasteiger partial charge is 0.336 e. The van der Waals surface area contributed by atoms with E-state index in [9.17, 15) is 24.6 Å². The highest BCUT2D eigenvalue weighted by Gasteiger charge is 2.22. The van der Waals surface area contributed by atoms with Crippen LogP contribution in [0.25, 0.3) is 39.5 Å². The number of aryl methyl sites for hydroxylation is 2. The van der Waals surface area contributed by atoms with Crippen molar-refractivity contribution in [3.05, 3.63) is 106 Å². The van der Waals surface area contributed by atoms with Gasteiger partial charge < -0.3 is 40.1 Å². The van der Waals surface area contributed by atoms with Crippen LogP contribution in [-0.4, -0.2) is 81.1 Å². The number of aromatic carboxylic acids is 1. The third kappa shape index (κ3) is 9.62. The lowest BCUT2D eigenvalue weighted by molar-refractivity contribution is -0.119. The molecule has 12 heteroatoms. The van der Waals surface area contributed by atoms with E-state index < -0.39 is 5.97 Å². The van der Waals surface area contributed by atoms with Crippen LogP contribution in [-0.2, 0) is 19.1 Å². The topological polar surface area (TPSA) is 172 Å². The van der Waals surface area contributed by atoms with Gasteiger partial charge in [0.15, 0.2) is 0 Å². The number of phenolic OH excluding ortho intramolecular Hbond substituents is 1. The fourth-order valence-corrected chi connectivity index (χ4v) is 5.68. The number of amides is 2. The molecule has 0 bridgehead atoms.